The smallest absolute Gasteiger partial charge is 0.253 e. The lowest BCUT2D eigenvalue weighted by Gasteiger charge is -2.37. The molecule has 2 saturated heterocycles. The Hall–Kier alpha value is -0.360. The lowest BCUT2D eigenvalue weighted by molar-refractivity contribution is -0.148. The van der Waals surface area contributed by atoms with Crippen LogP contribution in [0.5, 0.6) is 0 Å². The molecule has 0 aromatic rings. The van der Waals surface area contributed by atoms with Gasteiger partial charge in [-0.25, -0.2) is 0 Å². The molecule has 2 aliphatic heterocycles. The lowest BCUT2D eigenvalue weighted by Crippen LogP contribution is -2.52. The Morgan fingerprint density at radius 3 is 2.35 bits per heavy atom. The number of likely N-dealkylation sites (tertiary alicyclic amines) is 1. The zero-order chi connectivity index (χ0) is 15.4. The second-order valence-electron chi connectivity index (χ2n) is 7.11. The Labute approximate surface area is 145 Å². The highest BCUT2D eigenvalue weighted by atomic mass is 35.5. The Balaban J connectivity index is 0.00000192. The largest absolute Gasteiger partial charge is 0.375 e. The Morgan fingerprint density at radius 2 is 1.74 bits per heavy atom. The third-order valence-electron chi connectivity index (χ3n) is 5.30. The molecule has 1 N–H and O–H groups in total. The molecule has 1 atom stereocenters. The highest BCUT2D eigenvalue weighted by Gasteiger charge is 2.31. The number of carbonyl (C=O) groups excluding carboxylic acids is 1. The first kappa shape index (κ1) is 19.0. The SMILES string of the molecule is CC1CCC(OC2CCN(C(=O)C3CNCCO3)CC2)CC1.Cl. The van der Waals surface area contributed by atoms with Crippen LogP contribution in [-0.4, -0.2) is 61.9 Å². The van der Waals surface area contributed by atoms with Gasteiger partial charge >= 0.3 is 0 Å². The molecule has 0 radical (unpaired) electrons. The zero-order valence-corrected chi connectivity index (χ0v) is 15.0. The first-order valence-electron chi connectivity index (χ1n) is 8.99. The van der Waals surface area contributed by atoms with Crippen molar-refractivity contribution in [2.45, 2.75) is 63.8 Å². The molecule has 3 aliphatic rings. The van der Waals surface area contributed by atoms with E-state index in [-0.39, 0.29) is 24.4 Å². The van der Waals surface area contributed by atoms with Gasteiger partial charge in [0.1, 0.15) is 6.10 Å². The second-order valence-corrected chi connectivity index (χ2v) is 7.11. The molecule has 1 saturated carbocycles. The number of piperidine rings is 1. The topological polar surface area (TPSA) is 50.8 Å². The molecule has 0 spiro atoms. The standard InChI is InChI=1S/C17H30N2O3.ClH/c1-13-2-4-14(5-3-13)22-15-6-9-19(10-7-15)17(20)16-12-18-8-11-21-16;/h13-16,18H,2-12H2,1H3;1H. The van der Waals surface area contributed by atoms with Crippen molar-refractivity contribution >= 4 is 18.3 Å². The van der Waals surface area contributed by atoms with Gasteiger partial charge in [-0.2, -0.15) is 0 Å². The van der Waals surface area contributed by atoms with Crippen molar-refractivity contribution in [3.05, 3.63) is 0 Å². The van der Waals surface area contributed by atoms with Gasteiger partial charge in [0, 0.05) is 26.2 Å². The Morgan fingerprint density at radius 1 is 1.09 bits per heavy atom. The van der Waals surface area contributed by atoms with Crippen molar-refractivity contribution in [2.75, 3.05) is 32.8 Å². The summed E-state index contributed by atoms with van der Waals surface area (Å²) in [7, 11) is 0. The quantitative estimate of drug-likeness (QED) is 0.849. The summed E-state index contributed by atoms with van der Waals surface area (Å²) in [5.74, 6) is 1.01. The molecule has 5 nitrogen and oxygen atoms in total. The minimum atomic E-state index is -0.286. The van der Waals surface area contributed by atoms with E-state index in [1.807, 2.05) is 4.90 Å². The van der Waals surface area contributed by atoms with Gasteiger partial charge in [-0.05, 0) is 44.4 Å². The van der Waals surface area contributed by atoms with Crippen LogP contribution < -0.4 is 5.32 Å². The number of hydrogen-bond donors (Lipinski definition) is 1. The Bertz CT molecular complexity index is 361. The number of hydrogen-bond acceptors (Lipinski definition) is 4. The molecule has 0 aromatic carbocycles. The van der Waals surface area contributed by atoms with Crippen LogP contribution in [-0.2, 0) is 14.3 Å². The van der Waals surface area contributed by atoms with Gasteiger partial charge in [0.2, 0.25) is 0 Å². The molecule has 6 heteroatoms. The van der Waals surface area contributed by atoms with E-state index < -0.39 is 0 Å². The molecular weight excluding hydrogens is 316 g/mol. The second kappa shape index (κ2) is 9.21. The summed E-state index contributed by atoms with van der Waals surface area (Å²) in [6.07, 6.45) is 7.47. The van der Waals surface area contributed by atoms with E-state index in [2.05, 4.69) is 12.2 Å². The van der Waals surface area contributed by atoms with Crippen LogP contribution in [0.25, 0.3) is 0 Å². The van der Waals surface area contributed by atoms with E-state index in [0.717, 1.165) is 38.4 Å². The van der Waals surface area contributed by atoms with E-state index in [1.165, 1.54) is 25.7 Å². The van der Waals surface area contributed by atoms with Crippen LogP contribution in [0.4, 0.5) is 0 Å². The van der Waals surface area contributed by atoms with Gasteiger partial charge in [-0.3, -0.25) is 4.79 Å². The molecule has 1 unspecified atom stereocenters. The van der Waals surface area contributed by atoms with Crippen molar-refractivity contribution in [3.63, 3.8) is 0 Å². The highest BCUT2D eigenvalue weighted by Crippen LogP contribution is 2.28. The van der Waals surface area contributed by atoms with Crippen LogP contribution in [0.15, 0.2) is 0 Å². The van der Waals surface area contributed by atoms with Crippen molar-refractivity contribution < 1.29 is 14.3 Å². The molecule has 2 heterocycles. The number of ether oxygens (including phenoxy) is 2. The summed E-state index contributed by atoms with van der Waals surface area (Å²) in [6.45, 7) is 6.09. The maximum absolute atomic E-state index is 12.4. The normalized spacial score (nSPS) is 33.1. The van der Waals surface area contributed by atoms with Gasteiger partial charge in [-0.1, -0.05) is 6.92 Å². The fraction of sp³-hybridized carbons (Fsp3) is 0.941. The molecular formula is C17H31ClN2O3. The van der Waals surface area contributed by atoms with Crippen LogP contribution in [0.2, 0.25) is 0 Å². The van der Waals surface area contributed by atoms with Crippen molar-refractivity contribution in [2.24, 2.45) is 5.92 Å². The number of halogens is 1. The van der Waals surface area contributed by atoms with Gasteiger partial charge in [0.25, 0.3) is 5.91 Å². The van der Waals surface area contributed by atoms with Gasteiger partial charge in [0.15, 0.2) is 0 Å². The molecule has 3 fully saturated rings. The van der Waals surface area contributed by atoms with E-state index in [1.54, 1.807) is 0 Å². The molecule has 134 valence electrons. The molecule has 0 bridgehead atoms. The van der Waals surface area contributed by atoms with E-state index >= 15 is 0 Å². The van der Waals surface area contributed by atoms with Gasteiger partial charge in [0.05, 0.1) is 18.8 Å². The molecule has 3 rings (SSSR count). The predicted octanol–water partition coefficient (Wildman–Crippen LogP) is 1.98. The molecule has 1 amide bonds. The average Bonchev–Trinajstić information content (AvgIpc) is 2.58. The van der Waals surface area contributed by atoms with Crippen molar-refractivity contribution in [3.8, 4) is 0 Å². The van der Waals surface area contributed by atoms with E-state index in [4.69, 9.17) is 9.47 Å². The zero-order valence-electron chi connectivity index (χ0n) is 14.2. The summed E-state index contributed by atoms with van der Waals surface area (Å²) >= 11 is 0. The summed E-state index contributed by atoms with van der Waals surface area (Å²) in [5.41, 5.74) is 0. The third-order valence-corrected chi connectivity index (χ3v) is 5.30. The van der Waals surface area contributed by atoms with Crippen molar-refractivity contribution in [1.29, 1.82) is 0 Å². The fourth-order valence-electron chi connectivity index (χ4n) is 3.78. The minimum absolute atomic E-state index is 0. The predicted molar refractivity (Wildman–Crippen MR) is 92.0 cm³/mol. The van der Waals surface area contributed by atoms with Crippen molar-refractivity contribution in [1.82, 2.24) is 10.2 Å². The molecule has 1 aliphatic carbocycles. The number of morpholine rings is 1. The number of nitrogens with one attached hydrogen (secondary N) is 1. The Kier molecular flexibility index (Phi) is 7.60. The van der Waals surface area contributed by atoms with Crippen LogP contribution in [0.1, 0.15) is 45.4 Å². The van der Waals surface area contributed by atoms with E-state index in [9.17, 15) is 4.79 Å². The number of nitrogens with zero attached hydrogens (tertiary/aromatic N) is 1. The lowest BCUT2D eigenvalue weighted by atomic mass is 9.88. The van der Waals surface area contributed by atoms with Crippen LogP contribution in [0, 0.1) is 5.92 Å². The van der Waals surface area contributed by atoms with Crippen LogP contribution >= 0.6 is 12.4 Å². The first-order valence-corrected chi connectivity index (χ1v) is 8.99. The number of amides is 1. The maximum Gasteiger partial charge on any atom is 0.253 e. The molecule has 23 heavy (non-hydrogen) atoms. The average molecular weight is 347 g/mol. The number of carbonyl (C=O) groups is 1. The van der Waals surface area contributed by atoms with Gasteiger partial charge < -0.3 is 19.7 Å². The molecule has 0 aromatic heterocycles. The summed E-state index contributed by atoms with van der Waals surface area (Å²) < 4.78 is 11.8. The van der Waals surface area contributed by atoms with E-state index in [0.29, 0.717) is 25.4 Å². The summed E-state index contributed by atoms with van der Waals surface area (Å²) in [5, 5.41) is 3.22. The summed E-state index contributed by atoms with van der Waals surface area (Å²) in [4.78, 5) is 14.4. The van der Waals surface area contributed by atoms with Crippen LogP contribution in [0.3, 0.4) is 0 Å². The first-order chi connectivity index (χ1) is 10.7. The minimum Gasteiger partial charge on any atom is -0.375 e. The maximum atomic E-state index is 12.4. The highest BCUT2D eigenvalue weighted by molar-refractivity contribution is 5.85. The summed E-state index contributed by atoms with van der Waals surface area (Å²) in [6, 6.07) is 0. The number of rotatable bonds is 3. The fourth-order valence-corrected chi connectivity index (χ4v) is 3.78. The monoisotopic (exact) mass is 346 g/mol. The third kappa shape index (κ3) is 5.31. The van der Waals surface area contributed by atoms with Gasteiger partial charge in [-0.15, -0.1) is 12.4 Å².